The summed E-state index contributed by atoms with van der Waals surface area (Å²) in [6.07, 6.45) is 0. The quantitative estimate of drug-likeness (QED) is 0.499. The lowest BCUT2D eigenvalue weighted by atomic mass is 10.2. The smallest absolute Gasteiger partial charge is 0.332 e. The van der Waals surface area contributed by atoms with E-state index in [2.05, 4.69) is 10.2 Å². The Hall–Kier alpha value is -3.85. The molecule has 0 unspecified atom stereocenters. The van der Waals surface area contributed by atoms with Crippen LogP contribution in [0.5, 0.6) is 5.75 Å². The van der Waals surface area contributed by atoms with Gasteiger partial charge in [-0.25, -0.2) is 4.79 Å². The lowest BCUT2D eigenvalue weighted by molar-refractivity contribution is 0.305. The van der Waals surface area contributed by atoms with Crippen molar-refractivity contribution >= 4 is 17.1 Å². The highest BCUT2D eigenvalue weighted by Crippen LogP contribution is 2.31. The van der Waals surface area contributed by atoms with Crippen molar-refractivity contribution in [1.29, 1.82) is 0 Å². The first-order valence-corrected chi connectivity index (χ1v) is 11.0. The van der Waals surface area contributed by atoms with Crippen LogP contribution in [0.25, 0.3) is 16.9 Å². The van der Waals surface area contributed by atoms with Gasteiger partial charge < -0.3 is 15.0 Å². The molecule has 2 aromatic carbocycles. The van der Waals surface area contributed by atoms with E-state index in [0.29, 0.717) is 35.2 Å². The summed E-state index contributed by atoms with van der Waals surface area (Å²) in [6.45, 7) is 3.50. The van der Waals surface area contributed by atoms with E-state index in [9.17, 15) is 9.59 Å². The van der Waals surface area contributed by atoms with Gasteiger partial charge in [0.25, 0.3) is 5.56 Å². The van der Waals surface area contributed by atoms with Crippen molar-refractivity contribution in [2.75, 3.05) is 31.1 Å². The molecule has 170 valence electrons. The predicted octanol–water partition coefficient (Wildman–Crippen LogP) is 1.41. The van der Waals surface area contributed by atoms with Crippen LogP contribution >= 0.6 is 0 Å². The Morgan fingerprint density at radius 1 is 0.939 bits per heavy atom. The van der Waals surface area contributed by atoms with E-state index in [1.54, 1.807) is 7.05 Å². The Kier molecular flexibility index (Phi) is 5.47. The van der Waals surface area contributed by atoms with Crippen molar-refractivity contribution in [3.05, 3.63) is 81.0 Å². The number of nitrogens with one attached hydrogen (secondary N) is 1. The maximum atomic E-state index is 13.3. The standard InChI is InChI=1S/C24H26N6O3/c1-27-21-20(22(31)28(2)24(27)32)30(23(26-21)29-14-12-25-13-15-29)18-10-6-7-11-19(18)33-16-17-8-4-3-5-9-17/h3-11,25H,12-16H2,1-2H3. The van der Waals surface area contributed by atoms with Gasteiger partial charge >= 0.3 is 5.69 Å². The second-order valence-corrected chi connectivity index (χ2v) is 8.10. The van der Waals surface area contributed by atoms with Crippen molar-refractivity contribution in [3.8, 4) is 11.4 Å². The Bertz CT molecular complexity index is 1410. The van der Waals surface area contributed by atoms with E-state index in [4.69, 9.17) is 9.72 Å². The number of imidazole rings is 1. The number of rotatable bonds is 5. The van der Waals surface area contributed by atoms with Crippen molar-refractivity contribution in [3.63, 3.8) is 0 Å². The SMILES string of the molecule is Cn1c(=O)c2c(nc(N3CCNCC3)n2-c2ccccc2OCc2ccccc2)n(C)c1=O. The van der Waals surface area contributed by atoms with Crippen LogP contribution in [0, 0.1) is 0 Å². The summed E-state index contributed by atoms with van der Waals surface area (Å²) in [5, 5.41) is 3.34. The van der Waals surface area contributed by atoms with Crippen molar-refractivity contribution in [2.45, 2.75) is 6.61 Å². The number of anilines is 1. The molecule has 0 radical (unpaired) electrons. The summed E-state index contributed by atoms with van der Waals surface area (Å²) in [5.41, 5.74) is 1.67. The number of hydrogen-bond donors (Lipinski definition) is 1. The monoisotopic (exact) mass is 446 g/mol. The van der Waals surface area contributed by atoms with Crippen LogP contribution in [0.2, 0.25) is 0 Å². The van der Waals surface area contributed by atoms with E-state index in [-0.39, 0.29) is 5.56 Å². The van der Waals surface area contributed by atoms with Crippen LogP contribution in [0.15, 0.2) is 64.2 Å². The van der Waals surface area contributed by atoms with E-state index in [0.717, 1.165) is 36.3 Å². The van der Waals surface area contributed by atoms with E-state index in [1.807, 2.05) is 59.2 Å². The molecule has 0 bridgehead atoms. The van der Waals surface area contributed by atoms with Crippen LogP contribution in [-0.2, 0) is 20.7 Å². The molecule has 1 aliphatic heterocycles. The van der Waals surface area contributed by atoms with Gasteiger partial charge in [0.05, 0.1) is 5.69 Å². The third-order valence-corrected chi connectivity index (χ3v) is 5.98. The summed E-state index contributed by atoms with van der Waals surface area (Å²) in [4.78, 5) is 32.8. The molecule has 1 saturated heterocycles. The molecule has 1 aliphatic rings. The molecule has 1 fully saturated rings. The van der Waals surface area contributed by atoms with Crippen molar-refractivity contribution in [2.24, 2.45) is 14.1 Å². The van der Waals surface area contributed by atoms with Crippen molar-refractivity contribution in [1.82, 2.24) is 24.0 Å². The maximum absolute atomic E-state index is 13.3. The second kappa shape index (κ2) is 8.59. The minimum atomic E-state index is -0.405. The molecule has 0 aliphatic carbocycles. The van der Waals surface area contributed by atoms with Gasteiger partial charge in [-0.05, 0) is 17.7 Å². The Labute approximate surface area is 190 Å². The Morgan fingerprint density at radius 2 is 1.64 bits per heavy atom. The van der Waals surface area contributed by atoms with Crippen LogP contribution in [0.4, 0.5) is 5.95 Å². The highest BCUT2D eigenvalue weighted by molar-refractivity contribution is 5.79. The fourth-order valence-electron chi connectivity index (χ4n) is 4.19. The zero-order chi connectivity index (χ0) is 22.9. The molecule has 5 rings (SSSR count). The average molecular weight is 447 g/mol. The summed E-state index contributed by atoms with van der Waals surface area (Å²) in [5.74, 6) is 1.26. The van der Waals surface area contributed by atoms with Crippen molar-refractivity contribution < 1.29 is 4.74 Å². The summed E-state index contributed by atoms with van der Waals surface area (Å²) < 4.78 is 10.6. The van der Waals surface area contributed by atoms with Crippen LogP contribution in [0.1, 0.15) is 5.56 Å². The number of aryl methyl sites for hydroxylation is 1. The Balaban J connectivity index is 1.72. The minimum Gasteiger partial charge on any atom is -0.487 e. The molecule has 33 heavy (non-hydrogen) atoms. The maximum Gasteiger partial charge on any atom is 0.332 e. The molecule has 1 N–H and O–H groups in total. The van der Waals surface area contributed by atoms with Gasteiger partial charge in [0, 0.05) is 40.3 Å². The zero-order valence-electron chi connectivity index (χ0n) is 18.7. The van der Waals surface area contributed by atoms with E-state index < -0.39 is 5.69 Å². The lowest BCUT2D eigenvalue weighted by Crippen LogP contribution is -2.44. The highest BCUT2D eigenvalue weighted by Gasteiger charge is 2.26. The highest BCUT2D eigenvalue weighted by atomic mass is 16.5. The van der Waals surface area contributed by atoms with Gasteiger partial charge in [-0.2, -0.15) is 4.98 Å². The molecule has 9 heteroatoms. The fraction of sp³-hybridized carbons (Fsp3) is 0.292. The number of para-hydroxylation sites is 2. The number of nitrogens with zero attached hydrogens (tertiary/aromatic N) is 5. The minimum absolute atomic E-state index is 0.351. The molecule has 3 heterocycles. The molecule has 2 aromatic heterocycles. The summed E-state index contributed by atoms with van der Waals surface area (Å²) in [7, 11) is 3.13. The Morgan fingerprint density at radius 3 is 2.39 bits per heavy atom. The molecule has 0 atom stereocenters. The number of fused-ring (bicyclic) bond motifs is 1. The van der Waals surface area contributed by atoms with Gasteiger partial charge in [-0.1, -0.05) is 42.5 Å². The van der Waals surface area contributed by atoms with E-state index >= 15 is 0 Å². The molecule has 9 nitrogen and oxygen atoms in total. The number of aromatic nitrogens is 4. The molecule has 0 spiro atoms. The first-order valence-electron chi connectivity index (χ1n) is 11.0. The molecular weight excluding hydrogens is 420 g/mol. The van der Waals surface area contributed by atoms with Crippen LogP contribution in [-0.4, -0.2) is 44.9 Å². The second-order valence-electron chi connectivity index (χ2n) is 8.10. The third-order valence-electron chi connectivity index (χ3n) is 5.98. The zero-order valence-corrected chi connectivity index (χ0v) is 18.7. The van der Waals surface area contributed by atoms with Crippen LogP contribution < -0.4 is 26.2 Å². The molecule has 0 saturated carbocycles. The fourth-order valence-corrected chi connectivity index (χ4v) is 4.19. The largest absolute Gasteiger partial charge is 0.487 e. The van der Waals surface area contributed by atoms with Gasteiger partial charge in [-0.3, -0.25) is 18.5 Å². The topological polar surface area (TPSA) is 86.3 Å². The van der Waals surface area contributed by atoms with Gasteiger partial charge in [0.2, 0.25) is 5.95 Å². The molecule has 0 amide bonds. The number of piperazine rings is 1. The lowest BCUT2D eigenvalue weighted by Gasteiger charge is -2.29. The van der Waals surface area contributed by atoms with Gasteiger partial charge in [0.15, 0.2) is 11.2 Å². The van der Waals surface area contributed by atoms with Gasteiger partial charge in [0.1, 0.15) is 12.4 Å². The summed E-state index contributed by atoms with van der Waals surface area (Å²) in [6, 6.07) is 17.5. The average Bonchev–Trinajstić information content (AvgIpc) is 3.27. The molecular formula is C24H26N6O3. The predicted molar refractivity (Wildman–Crippen MR) is 127 cm³/mol. The van der Waals surface area contributed by atoms with Crippen LogP contribution in [0.3, 0.4) is 0 Å². The number of hydrogen-bond acceptors (Lipinski definition) is 6. The first-order chi connectivity index (χ1) is 16.1. The van der Waals surface area contributed by atoms with Gasteiger partial charge in [-0.15, -0.1) is 0 Å². The van der Waals surface area contributed by atoms with E-state index in [1.165, 1.54) is 11.6 Å². The number of benzene rings is 2. The summed E-state index contributed by atoms with van der Waals surface area (Å²) >= 11 is 0. The third kappa shape index (κ3) is 3.70. The first kappa shape index (κ1) is 21.0. The number of ether oxygens (including phenoxy) is 1. The normalized spacial score (nSPS) is 14.1. The molecule has 4 aromatic rings.